The number of rotatable bonds is 9. The SMILES string of the molecule is CCC(CC)NC(=O)c1ccc(OCCC(C)C)c(OC)c1. The van der Waals surface area contributed by atoms with E-state index < -0.39 is 0 Å². The fourth-order valence-electron chi connectivity index (χ4n) is 2.09. The van der Waals surface area contributed by atoms with E-state index in [1.54, 1.807) is 25.3 Å². The van der Waals surface area contributed by atoms with E-state index in [0.717, 1.165) is 19.3 Å². The third-order valence-electron chi connectivity index (χ3n) is 3.70. The molecule has 1 rings (SSSR count). The summed E-state index contributed by atoms with van der Waals surface area (Å²) in [6, 6.07) is 5.54. The monoisotopic (exact) mass is 307 g/mol. The summed E-state index contributed by atoms with van der Waals surface area (Å²) < 4.78 is 11.1. The van der Waals surface area contributed by atoms with E-state index in [0.29, 0.717) is 29.6 Å². The minimum atomic E-state index is -0.0688. The van der Waals surface area contributed by atoms with E-state index in [-0.39, 0.29) is 11.9 Å². The number of hydrogen-bond acceptors (Lipinski definition) is 3. The fraction of sp³-hybridized carbons (Fsp3) is 0.611. The highest BCUT2D eigenvalue weighted by Gasteiger charge is 2.14. The predicted molar refractivity (Wildman–Crippen MR) is 89.8 cm³/mol. The molecule has 0 unspecified atom stereocenters. The number of ether oxygens (including phenoxy) is 2. The van der Waals surface area contributed by atoms with Crippen LogP contribution < -0.4 is 14.8 Å². The maximum absolute atomic E-state index is 12.2. The van der Waals surface area contributed by atoms with Crippen LogP contribution in [0, 0.1) is 5.92 Å². The molecule has 0 spiro atoms. The highest BCUT2D eigenvalue weighted by Crippen LogP contribution is 2.28. The lowest BCUT2D eigenvalue weighted by Gasteiger charge is -2.16. The minimum Gasteiger partial charge on any atom is -0.493 e. The van der Waals surface area contributed by atoms with Crippen molar-refractivity contribution in [2.75, 3.05) is 13.7 Å². The van der Waals surface area contributed by atoms with Gasteiger partial charge in [0.25, 0.3) is 5.91 Å². The molecule has 1 amide bonds. The second-order valence-electron chi connectivity index (χ2n) is 5.88. The highest BCUT2D eigenvalue weighted by atomic mass is 16.5. The zero-order valence-electron chi connectivity index (χ0n) is 14.4. The maximum atomic E-state index is 12.2. The van der Waals surface area contributed by atoms with Gasteiger partial charge in [-0.3, -0.25) is 4.79 Å². The van der Waals surface area contributed by atoms with Crippen molar-refractivity contribution in [3.05, 3.63) is 23.8 Å². The van der Waals surface area contributed by atoms with Crippen molar-refractivity contribution >= 4 is 5.91 Å². The van der Waals surface area contributed by atoms with Gasteiger partial charge in [0, 0.05) is 11.6 Å². The summed E-state index contributed by atoms with van der Waals surface area (Å²) in [5.41, 5.74) is 0.597. The Labute approximate surface area is 134 Å². The van der Waals surface area contributed by atoms with Crippen molar-refractivity contribution in [1.29, 1.82) is 0 Å². The van der Waals surface area contributed by atoms with Gasteiger partial charge in [0.1, 0.15) is 0 Å². The molecule has 0 heterocycles. The third kappa shape index (κ3) is 5.58. The standard InChI is InChI=1S/C18H29NO3/c1-6-15(7-2)19-18(20)14-8-9-16(17(12-14)21-5)22-11-10-13(3)4/h8-9,12-13,15H,6-7,10-11H2,1-5H3,(H,19,20). The Hall–Kier alpha value is -1.71. The molecule has 0 saturated carbocycles. The Morgan fingerprint density at radius 1 is 1.18 bits per heavy atom. The molecule has 0 aliphatic rings. The van der Waals surface area contributed by atoms with E-state index in [9.17, 15) is 4.79 Å². The van der Waals surface area contributed by atoms with Crippen LogP contribution in [0.25, 0.3) is 0 Å². The molecule has 1 aromatic carbocycles. The molecule has 124 valence electrons. The average Bonchev–Trinajstić information content (AvgIpc) is 2.52. The van der Waals surface area contributed by atoms with E-state index in [2.05, 4.69) is 33.0 Å². The highest BCUT2D eigenvalue weighted by molar-refractivity contribution is 5.95. The summed E-state index contributed by atoms with van der Waals surface area (Å²) in [5, 5.41) is 3.03. The van der Waals surface area contributed by atoms with Crippen LogP contribution >= 0.6 is 0 Å². The summed E-state index contributed by atoms with van der Waals surface area (Å²) in [7, 11) is 1.59. The zero-order valence-corrected chi connectivity index (χ0v) is 14.4. The first-order valence-corrected chi connectivity index (χ1v) is 8.13. The molecule has 4 nitrogen and oxygen atoms in total. The fourth-order valence-corrected chi connectivity index (χ4v) is 2.09. The lowest BCUT2D eigenvalue weighted by atomic mass is 10.1. The number of carbonyl (C=O) groups is 1. The molecule has 0 aromatic heterocycles. The molecule has 1 N–H and O–H groups in total. The van der Waals surface area contributed by atoms with Crippen LogP contribution in [0.15, 0.2) is 18.2 Å². The van der Waals surface area contributed by atoms with E-state index in [1.165, 1.54) is 0 Å². The molecule has 0 saturated heterocycles. The summed E-state index contributed by atoms with van der Waals surface area (Å²) in [6.07, 6.45) is 2.84. The van der Waals surface area contributed by atoms with Gasteiger partial charge in [-0.1, -0.05) is 27.7 Å². The Kier molecular flexibility index (Phi) is 7.78. The first-order chi connectivity index (χ1) is 10.5. The van der Waals surface area contributed by atoms with Gasteiger partial charge in [-0.15, -0.1) is 0 Å². The smallest absolute Gasteiger partial charge is 0.251 e. The van der Waals surface area contributed by atoms with Crippen molar-refractivity contribution in [3.63, 3.8) is 0 Å². The van der Waals surface area contributed by atoms with Crippen LogP contribution in [-0.4, -0.2) is 25.7 Å². The molecule has 0 radical (unpaired) electrons. The molecule has 22 heavy (non-hydrogen) atoms. The molecule has 1 aromatic rings. The Bertz CT molecular complexity index is 467. The van der Waals surface area contributed by atoms with E-state index in [4.69, 9.17) is 9.47 Å². The Morgan fingerprint density at radius 3 is 2.41 bits per heavy atom. The average molecular weight is 307 g/mol. The van der Waals surface area contributed by atoms with Crippen LogP contribution in [0.5, 0.6) is 11.5 Å². The zero-order chi connectivity index (χ0) is 16.5. The lowest BCUT2D eigenvalue weighted by Crippen LogP contribution is -2.33. The molecule has 0 fully saturated rings. The van der Waals surface area contributed by atoms with Gasteiger partial charge in [0.05, 0.1) is 13.7 Å². The largest absolute Gasteiger partial charge is 0.493 e. The summed E-state index contributed by atoms with van der Waals surface area (Å²) in [4.78, 5) is 12.2. The van der Waals surface area contributed by atoms with Gasteiger partial charge in [0.15, 0.2) is 11.5 Å². The first kappa shape index (κ1) is 18.3. The Morgan fingerprint density at radius 2 is 1.86 bits per heavy atom. The predicted octanol–water partition coefficient (Wildman–Crippen LogP) is 4.04. The molecule has 0 aliphatic heterocycles. The van der Waals surface area contributed by atoms with Crippen LogP contribution in [-0.2, 0) is 0 Å². The normalized spacial score (nSPS) is 10.9. The number of nitrogens with one attached hydrogen (secondary N) is 1. The molecular weight excluding hydrogens is 278 g/mol. The van der Waals surface area contributed by atoms with Crippen molar-refractivity contribution in [1.82, 2.24) is 5.32 Å². The first-order valence-electron chi connectivity index (χ1n) is 8.13. The Balaban J connectivity index is 2.76. The number of amides is 1. The summed E-state index contributed by atoms with van der Waals surface area (Å²) >= 11 is 0. The summed E-state index contributed by atoms with van der Waals surface area (Å²) in [5.74, 6) is 1.81. The minimum absolute atomic E-state index is 0.0688. The van der Waals surface area contributed by atoms with Crippen LogP contribution in [0.1, 0.15) is 57.3 Å². The van der Waals surface area contributed by atoms with Gasteiger partial charge in [-0.25, -0.2) is 0 Å². The van der Waals surface area contributed by atoms with Gasteiger partial charge in [-0.2, -0.15) is 0 Å². The second kappa shape index (κ2) is 9.34. The van der Waals surface area contributed by atoms with Crippen LogP contribution in [0.3, 0.4) is 0 Å². The second-order valence-corrected chi connectivity index (χ2v) is 5.88. The molecule has 0 bridgehead atoms. The van der Waals surface area contributed by atoms with Crippen molar-refractivity contribution in [3.8, 4) is 11.5 Å². The number of benzene rings is 1. The molecule has 0 aliphatic carbocycles. The number of methoxy groups -OCH3 is 1. The van der Waals surface area contributed by atoms with Crippen molar-refractivity contribution in [2.45, 2.75) is 53.0 Å². The molecule has 0 atom stereocenters. The molecule has 4 heteroatoms. The van der Waals surface area contributed by atoms with Gasteiger partial charge in [-0.05, 0) is 43.4 Å². The molecular formula is C18H29NO3. The lowest BCUT2D eigenvalue weighted by molar-refractivity contribution is 0.0934. The number of hydrogen-bond donors (Lipinski definition) is 1. The third-order valence-corrected chi connectivity index (χ3v) is 3.70. The van der Waals surface area contributed by atoms with Crippen molar-refractivity contribution in [2.24, 2.45) is 5.92 Å². The van der Waals surface area contributed by atoms with E-state index >= 15 is 0 Å². The topological polar surface area (TPSA) is 47.6 Å². The van der Waals surface area contributed by atoms with Gasteiger partial charge in [0.2, 0.25) is 0 Å². The van der Waals surface area contributed by atoms with Crippen LogP contribution in [0.2, 0.25) is 0 Å². The van der Waals surface area contributed by atoms with Gasteiger partial charge < -0.3 is 14.8 Å². The van der Waals surface area contributed by atoms with E-state index in [1.807, 2.05) is 0 Å². The quantitative estimate of drug-likeness (QED) is 0.749. The maximum Gasteiger partial charge on any atom is 0.251 e. The number of carbonyl (C=O) groups excluding carboxylic acids is 1. The summed E-state index contributed by atoms with van der Waals surface area (Å²) in [6.45, 7) is 9.10. The van der Waals surface area contributed by atoms with Crippen molar-refractivity contribution < 1.29 is 14.3 Å². The van der Waals surface area contributed by atoms with Gasteiger partial charge >= 0.3 is 0 Å². The van der Waals surface area contributed by atoms with Crippen LogP contribution in [0.4, 0.5) is 0 Å².